The molecule has 1 aliphatic rings. The monoisotopic (exact) mass is 401 g/mol. The maximum Gasteiger partial charge on any atom is 0.227 e. The molecule has 1 amide bonds. The number of hydrogen-bond acceptors (Lipinski definition) is 5. The van der Waals surface area contributed by atoms with Gasteiger partial charge in [-0.1, -0.05) is 17.3 Å². The van der Waals surface area contributed by atoms with E-state index in [1.165, 1.54) is 30.0 Å². The van der Waals surface area contributed by atoms with E-state index in [-0.39, 0.29) is 36.4 Å². The van der Waals surface area contributed by atoms with Crippen LogP contribution >= 0.6 is 11.8 Å². The van der Waals surface area contributed by atoms with E-state index < -0.39 is 0 Å². The molecule has 1 aliphatic heterocycles. The SMILES string of the molecule is O=C(CCc1nc(-c2ccc(F)cc2)no1)N[C@@H]1CCSc2c(F)cccc21. The minimum absolute atomic E-state index is 0.159. The molecule has 0 bridgehead atoms. The van der Waals surface area contributed by atoms with Gasteiger partial charge in [-0.15, -0.1) is 11.8 Å². The Bertz CT molecular complexity index is 991. The molecule has 144 valence electrons. The van der Waals surface area contributed by atoms with Crippen molar-refractivity contribution in [2.45, 2.75) is 30.2 Å². The molecule has 1 aromatic heterocycles. The molecule has 0 unspecified atom stereocenters. The second-order valence-corrected chi connectivity index (χ2v) is 7.54. The van der Waals surface area contributed by atoms with E-state index in [2.05, 4.69) is 15.5 Å². The minimum Gasteiger partial charge on any atom is -0.349 e. The summed E-state index contributed by atoms with van der Waals surface area (Å²) in [5.74, 6) is 0.689. The predicted molar refractivity (Wildman–Crippen MR) is 101 cm³/mol. The van der Waals surface area contributed by atoms with Crippen molar-refractivity contribution in [3.05, 3.63) is 65.6 Å². The van der Waals surface area contributed by atoms with Crippen molar-refractivity contribution in [2.24, 2.45) is 0 Å². The zero-order chi connectivity index (χ0) is 19.5. The van der Waals surface area contributed by atoms with E-state index >= 15 is 0 Å². The van der Waals surface area contributed by atoms with Crippen molar-refractivity contribution in [1.29, 1.82) is 0 Å². The summed E-state index contributed by atoms with van der Waals surface area (Å²) in [6, 6.07) is 10.5. The molecule has 2 aromatic carbocycles. The van der Waals surface area contributed by atoms with E-state index in [1.54, 1.807) is 18.2 Å². The Labute approximate surface area is 164 Å². The second kappa shape index (κ2) is 8.10. The third-order valence-corrected chi connectivity index (χ3v) is 5.66. The Morgan fingerprint density at radius 3 is 2.86 bits per heavy atom. The van der Waals surface area contributed by atoms with Gasteiger partial charge in [0.2, 0.25) is 17.6 Å². The highest BCUT2D eigenvalue weighted by Crippen LogP contribution is 2.37. The number of aromatic nitrogens is 2. The summed E-state index contributed by atoms with van der Waals surface area (Å²) in [5.41, 5.74) is 1.46. The standard InChI is InChI=1S/C20H17F2N3O2S/c21-13-6-4-12(5-7-13)20-24-18(27-25-20)9-8-17(26)23-16-10-11-28-19-14(16)2-1-3-15(19)22/h1-7,16H,8-11H2,(H,23,26)/t16-/m1/s1. The van der Waals surface area contributed by atoms with Gasteiger partial charge in [0.25, 0.3) is 0 Å². The van der Waals surface area contributed by atoms with Crippen LogP contribution in [0.15, 0.2) is 51.9 Å². The lowest BCUT2D eigenvalue weighted by Crippen LogP contribution is -2.31. The van der Waals surface area contributed by atoms with E-state index in [4.69, 9.17) is 4.52 Å². The molecule has 5 nitrogen and oxygen atoms in total. The fourth-order valence-electron chi connectivity index (χ4n) is 3.10. The zero-order valence-corrected chi connectivity index (χ0v) is 15.6. The molecule has 8 heteroatoms. The lowest BCUT2D eigenvalue weighted by atomic mass is 10.0. The molecule has 0 radical (unpaired) electrons. The predicted octanol–water partition coefficient (Wildman–Crippen LogP) is 4.30. The van der Waals surface area contributed by atoms with Gasteiger partial charge in [0.15, 0.2) is 0 Å². The Morgan fingerprint density at radius 1 is 1.21 bits per heavy atom. The van der Waals surface area contributed by atoms with Crippen molar-refractivity contribution in [1.82, 2.24) is 15.5 Å². The van der Waals surface area contributed by atoms with Gasteiger partial charge >= 0.3 is 0 Å². The average molecular weight is 401 g/mol. The van der Waals surface area contributed by atoms with Gasteiger partial charge in [-0.25, -0.2) is 8.78 Å². The fourth-order valence-corrected chi connectivity index (χ4v) is 4.24. The first kappa shape index (κ1) is 18.6. The smallest absolute Gasteiger partial charge is 0.227 e. The molecule has 4 rings (SSSR count). The van der Waals surface area contributed by atoms with Gasteiger partial charge < -0.3 is 9.84 Å². The number of thioether (sulfide) groups is 1. The van der Waals surface area contributed by atoms with Crippen LogP contribution in [-0.2, 0) is 11.2 Å². The number of amides is 1. The second-order valence-electron chi connectivity index (χ2n) is 6.43. The van der Waals surface area contributed by atoms with Crippen LogP contribution in [-0.4, -0.2) is 21.8 Å². The number of nitrogens with zero attached hydrogens (tertiary/aromatic N) is 2. The number of carbonyl (C=O) groups excluding carboxylic acids is 1. The van der Waals surface area contributed by atoms with Gasteiger partial charge in [0.05, 0.1) is 6.04 Å². The molecular weight excluding hydrogens is 384 g/mol. The largest absolute Gasteiger partial charge is 0.349 e. The average Bonchev–Trinajstić information content (AvgIpc) is 3.17. The van der Waals surface area contributed by atoms with Gasteiger partial charge in [-0.2, -0.15) is 4.98 Å². The number of carbonyl (C=O) groups is 1. The molecule has 0 fully saturated rings. The molecular formula is C20H17F2N3O2S. The highest BCUT2D eigenvalue weighted by atomic mass is 32.2. The molecule has 1 N–H and O–H groups in total. The number of aryl methyl sites for hydroxylation is 1. The van der Waals surface area contributed by atoms with Crippen LogP contribution in [0.25, 0.3) is 11.4 Å². The summed E-state index contributed by atoms with van der Waals surface area (Å²) < 4.78 is 32.1. The summed E-state index contributed by atoms with van der Waals surface area (Å²) in [6.45, 7) is 0. The lowest BCUT2D eigenvalue weighted by Gasteiger charge is -2.26. The van der Waals surface area contributed by atoms with Gasteiger partial charge in [0, 0.05) is 29.1 Å². The van der Waals surface area contributed by atoms with Crippen LogP contribution in [0, 0.1) is 11.6 Å². The molecule has 0 aliphatic carbocycles. The van der Waals surface area contributed by atoms with Crippen LogP contribution in [0.4, 0.5) is 8.78 Å². The first-order chi connectivity index (χ1) is 13.6. The van der Waals surface area contributed by atoms with E-state index in [9.17, 15) is 13.6 Å². The maximum absolute atomic E-state index is 13.9. The number of hydrogen-bond donors (Lipinski definition) is 1. The lowest BCUT2D eigenvalue weighted by molar-refractivity contribution is -0.121. The molecule has 0 spiro atoms. The highest BCUT2D eigenvalue weighted by Gasteiger charge is 2.24. The van der Waals surface area contributed by atoms with Crippen LogP contribution in [0.2, 0.25) is 0 Å². The minimum atomic E-state index is -0.341. The van der Waals surface area contributed by atoms with E-state index in [0.717, 1.165) is 17.7 Å². The number of rotatable bonds is 5. The topological polar surface area (TPSA) is 68.0 Å². The van der Waals surface area contributed by atoms with Crippen molar-refractivity contribution in [3.63, 3.8) is 0 Å². The quantitative estimate of drug-likeness (QED) is 0.690. The van der Waals surface area contributed by atoms with Crippen LogP contribution in [0.5, 0.6) is 0 Å². The van der Waals surface area contributed by atoms with Crippen molar-refractivity contribution >= 4 is 17.7 Å². The van der Waals surface area contributed by atoms with E-state index in [0.29, 0.717) is 22.2 Å². The van der Waals surface area contributed by atoms with Crippen LogP contribution in [0.1, 0.15) is 30.3 Å². The van der Waals surface area contributed by atoms with Gasteiger partial charge in [0.1, 0.15) is 11.6 Å². The normalized spacial score (nSPS) is 15.9. The number of nitrogens with one attached hydrogen (secondary N) is 1. The summed E-state index contributed by atoms with van der Waals surface area (Å²) in [7, 11) is 0. The maximum atomic E-state index is 13.9. The fraction of sp³-hybridized carbons (Fsp3) is 0.250. The molecule has 1 atom stereocenters. The van der Waals surface area contributed by atoms with Crippen molar-refractivity contribution in [3.8, 4) is 11.4 Å². The summed E-state index contributed by atoms with van der Waals surface area (Å²) in [6.07, 6.45) is 1.22. The number of fused-ring (bicyclic) bond motifs is 1. The molecule has 2 heterocycles. The number of halogens is 2. The van der Waals surface area contributed by atoms with E-state index in [1.807, 2.05) is 6.07 Å². The van der Waals surface area contributed by atoms with Gasteiger partial charge in [-0.05, 0) is 42.3 Å². The Kier molecular flexibility index (Phi) is 5.38. The molecule has 0 saturated carbocycles. The van der Waals surface area contributed by atoms with Crippen LogP contribution < -0.4 is 5.32 Å². The third-order valence-electron chi connectivity index (χ3n) is 4.50. The highest BCUT2D eigenvalue weighted by molar-refractivity contribution is 7.99. The Balaban J connectivity index is 1.36. The van der Waals surface area contributed by atoms with Crippen LogP contribution in [0.3, 0.4) is 0 Å². The summed E-state index contributed by atoms with van der Waals surface area (Å²) in [4.78, 5) is 17.2. The first-order valence-electron chi connectivity index (χ1n) is 8.89. The molecule has 28 heavy (non-hydrogen) atoms. The van der Waals surface area contributed by atoms with Crippen molar-refractivity contribution in [2.75, 3.05) is 5.75 Å². The summed E-state index contributed by atoms with van der Waals surface area (Å²) in [5, 5.41) is 6.83. The van der Waals surface area contributed by atoms with Gasteiger partial charge in [-0.3, -0.25) is 4.79 Å². The first-order valence-corrected chi connectivity index (χ1v) is 9.88. The number of benzene rings is 2. The zero-order valence-electron chi connectivity index (χ0n) is 14.8. The third kappa shape index (κ3) is 4.06. The Hall–Kier alpha value is -2.74. The summed E-state index contributed by atoms with van der Waals surface area (Å²) >= 11 is 1.47. The molecule has 0 saturated heterocycles. The Morgan fingerprint density at radius 2 is 2.04 bits per heavy atom. The van der Waals surface area contributed by atoms with Crippen molar-refractivity contribution < 1.29 is 18.1 Å². The molecule has 3 aromatic rings.